The zero-order valence-corrected chi connectivity index (χ0v) is 17.2. The molecule has 0 unspecified atom stereocenters. The van der Waals surface area contributed by atoms with Crippen LogP contribution in [0.5, 0.6) is 0 Å². The Labute approximate surface area is 175 Å². The summed E-state index contributed by atoms with van der Waals surface area (Å²) in [5.74, 6) is 0.397. The summed E-state index contributed by atoms with van der Waals surface area (Å²) >= 11 is 0. The summed E-state index contributed by atoms with van der Waals surface area (Å²) in [5.41, 5.74) is 6.01. The van der Waals surface area contributed by atoms with E-state index in [0.717, 1.165) is 29.6 Å². The molecule has 0 spiro atoms. The van der Waals surface area contributed by atoms with Crippen LogP contribution in [-0.2, 0) is 12.8 Å². The van der Waals surface area contributed by atoms with E-state index in [4.69, 9.17) is 0 Å². The van der Waals surface area contributed by atoms with Crippen LogP contribution in [0.1, 0.15) is 34.1 Å². The summed E-state index contributed by atoms with van der Waals surface area (Å²) in [6.45, 7) is 4.71. The monoisotopic (exact) mass is 399 g/mol. The number of H-pyrrole nitrogens is 1. The highest BCUT2D eigenvalue weighted by atomic mass is 16.1. The van der Waals surface area contributed by atoms with Crippen molar-refractivity contribution < 1.29 is 4.79 Å². The Kier molecular flexibility index (Phi) is 5.75. The lowest BCUT2D eigenvalue weighted by atomic mass is 10.1. The van der Waals surface area contributed by atoms with Gasteiger partial charge >= 0.3 is 0 Å². The first-order valence-electron chi connectivity index (χ1n) is 10.2. The van der Waals surface area contributed by atoms with Gasteiger partial charge in [0.15, 0.2) is 0 Å². The van der Waals surface area contributed by atoms with Gasteiger partial charge in [0, 0.05) is 29.3 Å². The molecule has 1 amide bonds. The number of carbonyl (C=O) groups is 1. The van der Waals surface area contributed by atoms with Crippen LogP contribution in [0.25, 0.3) is 10.9 Å². The fraction of sp³-hybridized carbons (Fsp3) is 0.208. The van der Waals surface area contributed by atoms with Gasteiger partial charge in [0.2, 0.25) is 0 Å². The van der Waals surface area contributed by atoms with Crippen LogP contribution in [0, 0.1) is 6.92 Å². The minimum atomic E-state index is -0.223. The van der Waals surface area contributed by atoms with E-state index in [0.29, 0.717) is 18.1 Å². The number of fused-ring (bicyclic) bond motifs is 1. The van der Waals surface area contributed by atoms with Crippen LogP contribution in [0.2, 0.25) is 0 Å². The van der Waals surface area contributed by atoms with E-state index in [2.05, 4.69) is 63.7 Å². The van der Waals surface area contributed by atoms with Crippen molar-refractivity contribution in [1.29, 1.82) is 0 Å². The maximum atomic E-state index is 12.4. The third-order valence-electron chi connectivity index (χ3n) is 5.23. The van der Waals surface area contributed by atoms with Gasteiger partial charge in [-0.1, -0.05) is 43.3 Å². The summed E-state index contributed by atoms with van der Waals surface area (Å²) in [7, 11) is 0. The lowest BCUT2D eigenvalue weighted by molar-refractivity contribution is 0.0949. The summed E-state index contributed by atoms with van der Waals surface area (Å²) in [5, 5.41) is 7.44. The van der Waals surface area contributed by atoms with Crippen LogP contribution in [0.3, 0.4) is 0 Å². The maximum absolute atomic E-state index is 12.4. The van der Waals surface area contributed by atoms with Gasteiger partial charge in [0.25, 0.3) is 5.91 Å². The number of carbonyl (C=O) groups excluding carboxylic acids is 1. The molecule has 4 rings (SSSR count). The van der Waals surface area contributed by atoms with Gasteiger partial charge in [0.1, 0.15) is 11.5 Å². The number of aromatic amines is 1. The predicted molar refractivity (Wildman–Crippen MR) is 120 cm³/mol. The smallest absolute Gasteiger partial charge is 0.271 e. The molecule has 152 valence electrons. The molecule has 2 aromatic heterocycles. The Morgan fingerprint density at radius 1 is 1.03 bits per heavy atom. The number of amides is 1. The zero-order valence-electron chi connectivity index (χ0n) is 17.2. The number of hydrogen-bond acceptors (Lipinski definition) is 4. The lowest BCUT2D eigenvalue weighted by Crippen LogP contribution is -2.26. The van der Waals surface area contributed by atoms with Crippen molar-refractivity contribution in [2.45, 2.75) is 26.7 Å². The quantitative estimate of drug-likeness (QED) is 0.426. The molecule has 0 fully saturated rings. The Balaban J connectivity index is 1.36. The number of aromatic nitrogens is 3. The van der Waals surface area contributed by atoms with E-state index in [1.807, 2.05) is 24.4 Å². The SMILES string of the molecule is CCc1cccc(C)c1Nc1cnc(C(=O)NCCc2c[nH]c3ccccc23)cn1. The number of benzene rings is 2. The van der Waals surface area contributed by atoms with Gasteiger partial charge in [0.05, 0.1) is 12.4 Å². The van der Waals surface area contributed by atoms with Crippen molar-refractivity contribution in [2.24, 2.45) is 0 Å². The Morgan fingerprint density at radius 2 is 1.90 bits per heavy atom. The third kappa shape index (κ3) is 4.17. The van der Waals surface area contributed by atoms with Crippen LogP contribution < -0.4 is 10.6 Å². The van der Waals surface area contributed by atoms with Crippen molar-refractivity contribution in [1.82, 2.24) is 20.3 Å². The molecule has 30 heavy (non-hydrogen) atoms. The van der Waals surface area contributed by atoms with Gasteiger partial charge in [-0.05, 0) is 42.5 Å². The summed E-state index contributed by atoms with van der Waals surface area (Å²) < 4.78 is 0. The molecule has 0 bridgehead atoms. The first kappa shape index (κ1) is 19.6. The van der Waals surface area contributed by atoms with Crippen molar-refractivity contribution in [3.63, 3.8) is 0 Å². The minimum Gasteiger partial charge on any atom is -0.361 e. The van der Waals surface area contributed by atoms with Crippen molar-refractivity contribution in [2.75, 3.05) is 11.9 Å². The van der Waals surface area contributed by atoms with E-state index in [1.165, 1.54) is 22.7 Å². The molecular weight excluding hydrogens is 374 g/mol. The number of anilines is 2. The van der Waals surface area contributed by atoms with Gasteiger partial charge < -0.3 is 15.6 Å². The van der Waals surface area contributed by atoms with Gasteiger partial charge in [-0.25, -0.2) is 9.97 Å². The number of para-hydroxylation sites is 2. The van der Waals surface area contributed by atoms with Crippen LogP contribution in [0.15, 0.2) is 61.1 Å². The number of nitrogens with zero attached hydrogens (tertiary/aromatic N) is 2. The fourth-order valence-electron chi connectivity index (χ4n) is 3.58. The standard InChI is InChI=1S/C24H25N5O/c1-3-17-8-6-7-16(2)23(17)29-22-15-27-21(14-28-22)24(30)25-12-11-18-13-26-20-10-5-4-9-19(18)20/h4-10,13-15,26H,3,11-12H2,1-2H3,(H,25,30)(H,28,29). The molecule has 2 heterocycles. The number of nitrogens with one attached hydrogen (secondary N) is 3. The van der Waals surface area contributed by atoms with Crippen LogP contribution in [-0.4, -0.2) is 27.4 Å². The topological polar surface area (TPSA) is 82.7 Å². The largest absolute Gasteiger partial charge is 0.361 e. The van der Waals surface area contributed by atoms with Crippen LogP contribution in [0.4, 0.5) is 11.5 Å². The number of aryl methyl sites for hydroxylation is 2. The van der Waals surface area contributed by atoms with E-state index in [1.54, 1.807) is 6.20 Å². The van der Waals surface area contributed by atoms with E-state index in [-0.39, 0.29) is 5.91 Å². The van der Waals surface area contributed by atoms with E-state index < -0.39 is 0 Å². The highest BCUT2D eigenvalue weighted by molar-refractivity contribution is 5.92. The normalized spacial score (nSPS) is 10.9. The van der Waals surface area contributed by atoms with Gasteiger partial charge in [-0.3, -0.25) is 4.79 Å². The number of hydrogen-bond donors (Lipinski definition) is 3. The summed E-state index contributed by atoms with van der Waals surface area (Å²) in [6.07, 6.45) is 6.77. The number of rotatable bonds is 7. The average Bonchev–Trinajstić information content (AvgIpc) is 3.19. The lowest BCUT2D eigenvalue weighted by Gasteiger charge is -2.13. The molecule has 0 aliphatic heterocycles. The second-order valence-electron chi connectivity index (χ2n) is 7.24. The highest BCUT2D eigenvalue weighted by Crippen LogP contribution is 2.24. The Hall–Kier alpha value is -3.67. The molecule has 2 aromatic carbocycles. The third-order valence-corrected chi connectivity index (χ3v) is 5.23. The van der Waals surface area contributed by atoms with Gasteiger partial charge in [-0.2, -0.15) is 0 Å². The van der Waals surface area contributed by atoms with E-state index in [9.17, 15) is 4.79 Å². The first-order valence-corrected chi connectivity index (χ1v) is 10.2. The molecule has 6 heteroatoms. The molecular formula is C24H25N5O. The van der Waals surface area contributed by atoms with E-state index >= 15 is 0 Å². The molecule has 0 atom stereocenters. The maximum Gasteiger partial charge on any atom is 0.271 e. The van der Waals surface area contributed by atoms with Crippen molar-refractivity contribution >= 4 is 28.3 Å². The Morgan fingerprint density at radius 3 is 2.70 bits per heavy atom. The highest BCUT2D eigenvalue weighted by Gasteiger charge is 2.10. The molecule has 0 aliphatic carbocycles. The zero-order chi connectivity index (χ0) is 20.9. The minimum absolute atomic E-state index is 0.223. The molecule has 6 nitrogen and oxygen atoms in total. The summed E-state index contributed by atoms with van der Waals surface area (Å²) in [4.78, 5) is 24.3. The first-order chi connectivity index (χ1) is 14.7. The molecule has 3 N–H and O–H groups in total. The van der Waals surface area contributed by atoms with Crippen LogP contribution >= 0.6 is 0 Å². The molecule has 0 saturated carbocycles. The molecule has 0 aliphatic rings. The fourth-order valence-corrected chi connectivity index (χ4v) is 3.58. The van der Waals surface area contributed by atoms with Gasteiger partial charge in [-0.15, -0.1) is 0 Å². The Bertz CT molecular complexity index is 1160. The molecule has 0 saturated heterocycles. The second kappa shape index (κ2) is 8.78. The predicted octanol–water partition coefficient (Wildman–Crippen LogP) is 4.54. The molecule has 0 radical (unpaired) electrons. The second-order valence-corrected chi connectivity index (χ2v) is 7.24. The summed E-state index contributed by atoms with van der Waals surface area (Å²) in [6, 6.07) is 14.4. The average molecular weight is 399 g/mol. The van der Waals surface area contributed by atoms with Crippen molar-refractivity contribution in [3.05, 3.63) is 83.4 Å². The molecule has 4 aromatic rings. The van der Waals surface area contributed by atoms with Crippen molar-refractivity contribution in [3.8, 4) is 0 Å².